The van der Waals surface area contributed by atoms with Crippen molar-refractivity contribution in [2.75, 3.05) is 16.8 Å². The molecule has 4 fully saturated rings. The van der Waals surface area contributed by atoms with Crippen LogP contribution in [0, 0.1) is 11.8 Å². The van der Waals surface area contributed by atoms with Crippen LogP contribution in [0.4, 0.5) is 11.4 Å². The number of fused-ring (bicyclic) bond motifs is 4. The number of nitrogens with one attached hydrogen (secondary N) is 1. The highest BCUT2D eigenvalue weighted by Gasteiger charge is 2.46. The number of carbonyl (C=O) groups is 2. The molecule has 4 aliphatic rings. The molecule has 1 aromatic rings. The highest BCUT2D eigenvalue weighted by Crippen LogP contribution is 2.47. The van der Waals surface area contributed by atoms with Crippen molar-refractivity contribution < 1.29 is 14.7 Å². The lowest BCUT2D eigenvalue weighted by molar-refractivity contribution is -0.135. The molecule has 4 unspecified atom stereocenters. The van der Waals surface area contributed by atoms with Gasteiger partial charge in [-0.2, -0.15) is 0 Å². The SMILES string of the molecule is CC(=O)N(c1ccccc1NCC(=O)O)C1CC2CCCC(C1)N2C1CC2CCCC(C2)C1. The molecule has 2 aliphatic heterocycles. The molecule has 1 aromatic carbocycles. The zero-order valence-electron chi connectivity index (χ0n) is 19.9. The van der Waals surface area contributed by atoms with Gasteiger partial charge in [-0.25, -0.2) is 0 Å². The standard InChI is InChI=1S/C27H39N3O3/c1-18(31)29(26-11-3-2-10-25(26)28-17-27(32)33)24-15-21-8-5-9-22(16-24)30(21)23-13-19-6-4-7-20(12-19)14-23/h2-3,10-11,19-24,28H,4-9,12-17H2,1H3,(H,32,33). The summed E-state index contributed by atoms with van der Waals surface area (Å²) in [5.41, 5.74) is 1.54. The van der Waals surface area contributed by atoms with E-state index >= 15 is 0 Å². The maximum atomic E-state index is 12.9. The molecule has 2 heterocycles. The maximum Gasteiger partial charge on any atom is 0.322 e. The van der Waals surface area contributed by atoms with Gasteiger partial charge in [0.1, 0.15) is 6.54 Å². The van der Waals surface area contributed by atoms with Crippen LogP contribution < -0.4 is 10.2 Å². The van der Waals surface area contributed by atoms with Crippen LogP contribution in [0.15, 0.2) is 24.3 Å². The van der Waals surface area contributed by atoms with Gasteiger partial charge in [0.25, 0.3) is 0 Å². The highest BCUT2D eigenvalue weighted by atomic mass is 16.4. The van der Waals surface area contributed by atoms with Crippen molar-refractivity contribution in [3.63, 3.8) is 0 Å². The lowest BCUT2D eigenvalue weighted by Crippen LogP contribution is -2.61. The topological polar surface area (TPSA) is 72.9 Å². The summed E-state index contributed by atoms with van der Waals surface area (Å²) >= 11 is 0. The number of carboxylic acids is 1. The Morgan fingerprint density at radius 2 is 1.58 bits per heavy atom. The Labute approximate surface area is 197 Å². The summed E-state index contributed by atoms with van der Waals surface area (Å²) in [6.07, 6.45) is 14.3. The first-order chi connectivity index (χ1) is 16.0. The summed E-state index contributed by atoms with van der Waals surface area (Å²) in [6, 6.07) is 9.70. The molecule has 0 aromatic heterocycles. The van der Waals surface area contributed by atoms with Crippen molar-refractivity contribution in [3.05, 3.63) is 24.3 Å². The number of hydrogen-bond acceptors (Lipinski definition) is 4. The fraction of sp³-hybridized carbons (Fsp3) is 0.704. The van der Waals surface area contributed by atoms with Crippen LogP contribution in [0.1, 0.15) is 77.6 Å². The number of amides is 1. The molecule has 2 aliphatic carbocycles. The molecular weight excluding hydrogens is 414 g/mol. The summed E-state index contributed by atoms with van der Waals surface area (Å²) in [6.45, 7) is 1.49. The molecule has 5 rings (SSSR count). The van der Waals surface area contributed by atoms with E-state index in [1.54, 1.807) is 6.92 Å². The van der Waals surface area contributed by atoms with Gasteiger partial charge in [-0.1, -0.05) is 37.8 Å². The molecule has 1 amide bonds. The fourth-order valence-electron chi connectivity index (χ4n) is 7.76. The second-order valence-corrected chi connectivity index (χ2v) is 11.0. The molecule has 4 bridgehead atoms. The molecule has 2 saturated heterocycles. The number of carboxylic acid groups (broad SMARTS) is 1. The Bertz CT molecular complexity index is 848. The van der Waals surface area contributed by atoms with Gasteiger partial charge < -0.3 is 15.3 Å². The maximum absolute atomic E-state index is 12.9. The van der Waals surface area contributed by atoms with E-state index in [0.29, 0.717) is 12.1 Å². The summed E-state index contributed by atoms with van der Waals surface area (Å²) in [7, 11) is 0. The van der Waals surface area contributed by atoms with Crippen LogP contribution in [0.2, 0.25) is 0 Å². The van der Waals surface area contributed by atoms with Gasteiger partial charge in [0, 0.05) is 31.1 Å². The lowest BCUT2D eigenvalue weighted by atomic mass is 9.68. The largest absolute Gasteiger partial charge is 0.480 e. The van der Waals surface area contributed by atoms with Crippen molar-refractivity contribution in [3.8, 4) is 0 Å². The van der Waals surface area contributed by atoms with Gasteiger partial charge >= 0.3 is 5.97 Å². The van der Waals surface area contributed by atoms with Crippen molar-refractivity contribution in [2.24, 2.45) is 11.8 Å². The van der Waals surface area contributed by atoms with Crippen LogP contribution in [-0.4, -0.2) is 52.6 Å². The number of anilines is 2. The van der Waals surface area contributed by atoms with Crippen molar-refractivity contribution in [1.29, 1.82) is 0 Å². The van der Waals surface area contributed by atoms with Crippen LogP contribution in [0.5, 0.6) is 0 Å². The molecule has 4 atom stereocenters. The summed E-state index contributed by atoms with van der Waals surface area (Å²) in [4.78, 5) is 28.9. The van der Waals surface area contributed by atoms with Gasteiger partial charge in [0.15, 0.2) is 0 Å². The minimum Gasteiger partial charge on any atom is -0.480 e. The Morgan fingerprint density at radius 3 is 2.21 bits per heavy atom. The summed E-state index contributed by atoms with van der Waals surface area (Å²) < 4.78 is 0. The second-order valence-electron chi connectivity index (χ2n) is 11.0. The Hall–Kier alpha value is -2.08. The van der Waals surface area contributed by atoms with E-state index in [-0.39, 0.29) is 18.5 Å². The zero-order chi connectivity index (χ0) is 22.9. The highest BCUT2D eigenvalue weighted by molar-refractivity contribution is 5.96. The van der Waals surface area contributed by atoms with E-state index in [1.165, 1.54) is 57.8 Å². The normalized spacial score (nSPS) is 33.8. The first-order valence-corrected chi connectivity index (χ1v) is 13.1. The molecule has 2 N–H and O–H groups in total. The third kappa shape index (κ3) is 4.77. The first-order valence-electron chi connectivity index (χ1n) is 13.1. The third-order valence-electron chi connectivity index (χ3n) is 8.83. The molecule has 0 spiro atoms. The predicted octanol–water partition coefficient (Wildman–Crippen LogP) is 4.89. The smallest absolute Gasteiger partial charge is 0.322 e. The number of piperidine rings is 2. The molecule has 6 nitrogen and oxygen atoms in total. The van der Waals surface area contributed by atoms with Crippen molar-refractivity contribution in [2.45, 2.75) is 102 Å². The number of carbonyl (C=O) groups excluding carboxylic acids is 1. The summed E-state index contributed by atoms with van der Waals surface area (Å²) in [5, 5.41) is 12.2. The van der Waals surface area contributed by atoms with Gasteiger partial charge in [-0.15, -0.1) is 0 Å². The average Bonchev–Trinajstić information content (AvgIpc) is 2.77. The lowest BCUT2D eigenvalue weighted by Gasteiger charge is -2.56. The minimum absolute atomic E-state index is 0.0447. The van der Waals surface area contributed by atoms with Crippen molar-refractivity contribution in [1.82, 2.24) is 4.90 Å². The van der Waals surface area contributed by atoms with Crippen LogP contribution in [0.25, 0.3) is 0 Å². The first kappa shape index (κ1) is 22.7. The van der Waals surface area contributed by atoms with E-state index in [2.05, 4.69) is 10.2 Å². The van der Waals surface area contributed by atoms with Crippen LogP contribution in [0.3, 0.4) is 0 Å². The van der Waals surface area contributed by atoms with E-state index in [1.807, 2.05) is 29.2 Å². The van der Waals surface area contributed by atoms with Gasteiger partial charge in [-0.05, 0) is 68.9 Å². The molecule has 2 saturated carbocycles. The Balaban J connectivity index is 1.36. The van der Waals surface area contributed by atoms with E-state index in [0.717, 1.165) is 42.1 Å². The molecular formula is C27H39N3O3. The molecule has 0 radical (unpaired) electrons. The number of rotatable bonds is 6. The quantitative estimate of drug-likeness (QED) is 0.642. The van der Waals surface area contributed by atoms with Gasteiger partial charge in [0.2, 0.25) is 5.91 Å². The number of para-hydroxylation sites is 2. The Morgan fingerprint density at radius 1 is 0.939 bits per heavy atom. The van der Waals surface area contributed by atoms with Crippen molar-refractivity contribution >= 4 is 23.3 Å². The van der Waals surface area contributed by atoms with Crippen LogP contribution >= 0.6 is 0 Å². The van der Waals surface area contributed by atoms with Gasteiger partial charge in [0.05, 0.1) is 11.4 Å². The molecule has 6 heteroatoms. The number of aliphatic carboxylic acids is 1. The fourth-order valence-corrected chi connectivity index (χ4v) is 7.76. The average molecular weight is 454 g/mol. The summed E-state index contributed by atoms with van der Waals surface area (Å²) in [5.74, 6) is 1.01. The zero-order valence-corrected chi connectivity index (χ0v) is 19.9. The van der Waals surface area contributed by atoms with Gasteiger partial charge in [-0.3, -0.25) is 14.5 Å². The monoisotopic (exact) mass is 453 g/mol. The minimum atomic E-state index is -0.903. The number of nitrogens with zero attached hydrogens (tertiary/aromatic N) is 2. The predicted molar refractivity (Wildman–Crippen MR) is 130 cm³/mol. The number of hydrogen-bond donors (Lipinski definition) is 2. The van der Waals surface area contributed by atoms with Crippen LogP contribution in [-0.2, 0) is 9.59 Å². The van der Waals surface area contributed by atoms with E-state index in [9.17, 15) is 9.59 Å². The van der Waals surface area contributed by atoms with E-state index in [4.69, 9.17) is 5.11 Å². The number of benzene rings is 1. The third-order valence-corrected chi connectivity index (χ3v) is 8.83. The second kappa shape index (κ2) is 9.65. The van der Waals surface area contributed by atoms with E-state index < -0.39 is 5.97 Å². The molecule has 180 valence electrons. The Kier molecular flexibility index (Phi) is 6.64. The molecule has 33 heavy (non-hydrogen) atoms.